The molecule has 8 nitrogen and oxygen atoms in total. The van der Waals surface area contributed by atoms with Crippen LogP contribution in [0.5, 0.6) is 11.5 Å². The van der Waals surface area contributed by atoms with Crippen LogP contribution in [0, 0.1) is 0 Å². The van der Waals surface area contributed by atoms with Gasteiger partial charge < -0.3 is 24.8 Å². The normalized spacial score (nSPS) is 17.4. The molecule has 1 heterocycles. The molecular weight excluding hydrogens is 328 g/mol. The number of nitrogens with one attached hydrogen (secondary N) is 2. The van der Waals surface area contributed by atoms with Crippen LogP contribution in [0.25, 0.3) is 0 Å². The maximum absolute atomic E-state index is 12.1. The van der Waals surface area contributed by atoms with Gasteiger partial charge in [-0.3, -0.25) is 9.59 Å². The smallest absolute Gasteiger partial charge is 0.329 e. The van der Waals surface area contributed by atoms with E-state index in [0.717, 1.165) is 5.56 Å². The molecule has 1 aliphatic rings. The van der Waals surface area contributed by atoms with Crippen molar-refractivity contribution in [3.63, 3.8) is 0 Å². The summed E-state index contributed by atoms with van der Waals surface area (Å²) in [6.07, 6.45) is -0.276. The van der Waals surface area contributed by atoms with Gasteiger partial charge in [-0.2, -0.15) is 0 Å². The lowest BCUT2D eigenvalue weighted by Crippen LogP contribution is -2.41. The van der Waals surface area contributed by atoms with Gasteiger partial charge in [0.1, 0.15) is 6.04 Å². The minimum Gasteiger partial charge on any atom is -0.493 e. The Labute approximate surface area is 145 Å². The van der Waals surface area contributed by atoms with Crippen molar-refractivity contribution in [3.05, 3.63) is 23.8 Å². The van der Waals surface area contributed by atoms with Gasteiger partial charge in [0.05, 0.1) is 14.2 Å². The fourth-order valence-electron chi connectivity index (χ4n) is 2.42. The van der Waals surface area contributed by atoms with Gasteiger partial charge in [-0.1, -0.05) is 6.07 Å². The number of hydrogen-bond donors (Lipinski definition) is 2. The average molecular weight is 350 g/mol. The quantitative estimate of drug-likeness (QED) is 0.696. The third-order valence-electron chi connectivity index (χ3n) is 3.86. The minimum absolute atomic E-state index is 0.187. The number of amides is 2. The zero-order chi connectivity index (χ0) is 18.4. The van der Waals surface area contributed by atoms with Crippen LogP contribution in [0.2, 0.25) is 0 Å². The molecule has 1 aromatic rings. The van der Waals surface area contributed by atoms with E-state index in [-0.39, 0.29) is 12.5 Å². The molecular formula is C17H22N2O6. The van der Waals surface area contributed by atoms with Crippen LogP contribution >= 0.6 is 0 Å². The molecule has 2 rings (SSSR count). The number of methoxy groups -OCH3 is 2. The van der Waals surface area contributed by atoms with E-state index in [9.17, 15) is 14.4 Å². The maximum atomic E-state index is 12.1. The molecule has 0 aliphatic carbocycles. The van der Waals surface area contributed by atoms with E-state index in [2.05, 4.69) is 10.6 Å². The zero-order valence-corrected chi connectivity index (χ0v) is 14.5. The summed E-state index contributed by atoms with van der Waals surface area (Å²) in [5.74, 6) is -0.0521. The lowest BCUT2D eigenvalue weighted by Gasteiger charge is -2.16. The van der Waals surface area contributed by atoms with Gasteiger partial charge in [-0.15, -0.1) is 0 Å². The molecule has 2 atom stereocenters. The molecule has 1 saturated heterocycles. The Morgan fingerprint density at radius 1 is 1.28 bits per heavy atom. The van der Waals surface area contributed by atoms with Crippen LogP contribution in [-0.2, 0) is 25.7 Å². The third kappa shape index (κ3) is 4.85. The number of hydrogen-bond acceptors (Lipinski definition) is 6. The van der Waals surface area contributed by atoms with Gasteiger partial charge in [0.15, 0.2) is 17.6 Å². The topological polar surface area (TPSA) is 103 Å². The van der Waals surface area contributed by atoms with Gasteiger partial charge in [0.2, 0.25) is 5.91 Å². The summed E-state index contributed by atoms with van der Waals surface area (Å²) in [5, 5.41) is 5.20. The van der Waals surface area contributed by atoms with Crippen molar-refractivity contribution >= 4 is 17.8 Å². The second kappa shape index (κ2) is 8.36. The van der Waals surface area contributed by atoms with E-state index in [1.807, 2.05) is 0 Å². The van der Waals surface area contributed by atoms with Crippen LogP contribution in [0.1, 0.15) is 25.3 Å². The van der Waals surface area contributed by atoms with E-state index in [1.54, 1.807) is 25.3 Å². The molecule has 1 fully saturated rings. The zero-order valence-electron chi connectivity index (χ0n) is 14.5. The van der Waals surface area contributed by atoms with Crippen molar-refractivity contribution in [1.29, 1.82) is 0 Å². The SMILES string of the molecule is COc1ccc(CNC(=O)[C@@H](C)OC(=O)[C@@H]2CCC(=O)N2)cc1OC. The number of esters is 1. The van der Waals surface area contributed by atoms with Crippen LogP contribution in [0.15, 0.2) is 18.2 Å². The summed E-state index contributed by atoms with van der Waals surface area (Å²) in [6.45, 7) is 1.74. The fourth-order valence-corrected chi connectivity index (χ4v) is 2.42. The molecule has 25 heavy (non-hydrogen) atoms. The second-order valence-electron chi connectivity index (χ2n) is 5.65. The lowest BCUT2D eigenvalue weighted by atomic mass is 10.2. The lowest BCUT2D eigenvalue weighted by molar-refractivity contribution is -0.156. The predicted octanol–water partition coefficient (Wildman–Crippen LogP) is 0.530. The van der Waals surface area contributed by atoms with Crippen LogP contribution in [0.4, 0.5) is 0 Å². The Bertz CT molecular complexity index is 661. The van der Waals surface area contributed by atoms with E-state index < -0.39 is 24.0 Å². The van der Waals surface area contributed by atoms with Crippen LogP contribution in [0.3, 0.4) is 0 Å². The Hall–Kier alpha value is -2.77. The first-order valence-corrected chi connectivity index (χ1v) is 7.93. The van der Waals surface area contributed by atoms with Crippen molar-refractivity contribution < 1.29 is 28.6 Å². The van der Waals surface area contributed by atoms with Crippen LogP contribution in [-0.4, -0.2) is 44.1 Å². The Kier molecular flexibility index (Phi) is 6.21. The molecule has 8 heteroatoms. The standard InChI is InChI=1S/C17H22N2O6/c1-10(25-17(22)12-5-7-15(20)19-12)16(21)18-9-11-4-6-13(23-2)14(8-11)24-3/h4,6,8,10,12H,5,7,9H2,1-3H3,(H,18,21)(H,19,20)/t10-,12+/m1/s1. The highest BCUT2D eigenvalue weighted by atomic mass is 16.5. The second-order valence-corrected chi connectivity index (χ2v) is 5.65. The van der Waals surface area contributed by atoms with Crippen LogP contribution < -0.4 is 20.1 Å². The predicted molar refractivity (Wildman–Crippen MR) is 88.1 cm³/mol. The van der Waals surface area contributed by atoms with Crippen molar-refractivity contribution in [1.82, 2.24) is 10.6 Å². The summed E-state index contributed by atoms with van der Waals surface area (Å²) < 4.78 is 15.5. The summed E-state index contributed by atoms with van der Waals surface area (Å²) in [6, 6.07) is 4.62. The van der Waals surface area contributed by atoms with E-state index in [1.165, 1.54) is 14.0 Å². The molecule has 0 spiro atoms. The minimum atomic E-state index is -0.954. The summed E-state index contributed by atoms with van der Waals surface area (Å²) in [5.41, 5.74) is 0.813. The van der Waals surface area contributed by atoms with E-state index in [4.69, 9.17) is 14.2 Å². The molecule has 0 radical (unpaired) electrons. The molecule has 1 aliphatic heterocycles. The monoisotopic (exact) mass is 350 g/mol. The Morgan fingerprint density at radius 2 is 2.00 bits per heavy atom. The molecule has 2 amide bonds. The van der Waals surface area contributed by atoms with Gasteiger partial charge >= 0.3 is 5.97 Å². The van der Waals surface area contributed by atoms with Gasteiger partial charge in [0, 0.05) is 13.0 Å². The third-order valence-corrected chi connectivity index (χ3v) is 3.86. The number of ether oxygens (including phenoxy) is 3. The highest BCUT2D eigenvalue weighted by molar-refractivity contribution is 5.90. The number of carbonyl (C=O) groups excluding carboxylic acids is 3. The number of rotatable bonds is 7. The molecule has 1 aromatic carbocycles. The highest BCUT2D eigenvalue weighted by Crippen LogP contribution is 2.27. The first kappa shape index (κ1) is 18.6. The molecule has 0 aromatic heterocycles. The Balaban J connectivity index is 1.85. The number of benzene rings is 1. The molecule has 0 bridgehead atoms. The highest BCUT2D eigenvalue weighted by Gasteiger charge is 2.30. The first-order chi connectivity index (χ1) is 11.9. The summed E-state index contributed by atoms with van der Waals surface area (Å²) in [7, 11) is 3.08. The molecule has 2 N–H and O–H groups in total. The van der Waals surface area contributed by atoms with Crippen molar-refractivity contribution in [2.24, 2.45) is 0 Å². The van der Waals surface area contributed by atoms with Crippen molar-refractivity contribution in [2.75, 3.05) is 14.2 Å². The van der Waals surface area contributed by atoms with Gasteiger partial charge in [-0.05, 0) is 31.0 Å². The summed E-state index contributed by atoms with van der Waals surface area (Å²) >= 11 is 0. The van der Waals surface area contributed by atoms with Crippen molar-refractivity contribution in [2.45, 2.75) is 38.5 Å². The van der Waals surface area contributed by atoms with Gasteiger partial charge in [-0.25, -0.2) is 4.79 Å². The van der Waals surface area contributed by atoms with E-state index >= 15 is 0 Å². The van der Waals surface area contributed by atoms with E-state index in [0.29, 0.717) is 24.3 Å². The maximum Gasteiger partial charge on any atom is 0.329 e. The molecule has 136 valence electrons. The fraction of sp³-hybridized carbons (Fsp3) is 0.471. The van der Waals surface area contributed by atoms with Crippen molar-refractivity contribution in [3.8, 4) is 11.5 Å². The Morgan fingerprint density at radius 3 is 2.60 bits per heavy atom. The largest absolute Gasteiger partial charge is 0.493 e. The first-order valence-electron chi connectivity index (χ1n) is 7.93. The molecule has 0 saturated carbocycles. The summed E-state index contributed by atoms with van der Waals surface area (Å²) in [4.78, 5) is 35.1. The van der Waals surface area contributed by atoms with Gasteiger partial charge in [0.25, 0.3) is 5.91 Å². The molecule has 0 unspecified atom stereocenters. The number of carbonyl (C=O) groups is 3. The average Bonchev–Trinajstić information content (AvgIpc) is 3.05.